The lowest BCUT2D eigenvalue weighted by Crippen LogP contribution is -2.47. The van der Waals surface area contributed by atoms with Crippen LogP contribution in [0.2, 0.25) is 0 Å². The predicted octanol–water partition coefficient (Wildman–Crippen LogP) is 4.93. The van der Waals surface area contributed by atoms with Crippen LogP contribution in [0.15, 0.2) is 72.1 Å². The highest BCUT2D eigenvalue weighted by Gasteiger charge is 2.33. The SMILES string of the molecule is CCCCN(CC(=O)N1CCc2sccc2C1c1ccccc1)C(=O)COc1ccccc1. The van der Waals surface area contributed by atoms with Crippen molar-refractivity contribution in [2.75, 3.05) is 26.2 Å². The minimum Gasteiger partial charge on any atom is -0.484 e. The number of hydrogen-bond donors (Lipinski definition) is 0. The Balaban J connectivity index is 1.49. The van der Waals surface area contributed by atoms with Crippen LogP contribution in [0, 0.1) is 0 Å². The Morgan fingerprint density at radius 3 is 2.52 bits per heavy atom. The van der Waals surface area contributed by atoms with Crippen molar-refractivity contribution in [3.8, 4) is 5.75 Å². The van der Waals surface area contributed by atoms with Gasteiger partial charge in [-0.3, -0.25) is 9.59 Å². The van der Waals surface area contributed by atoms with Gasteiger partial charge in [-0.1, -0.05) is 61.9 Å². The van der Waals surface area contributed by atoms with Gasteiger partial charge < -0.3 is 14.5 Å². The minimum atomic E-state index is -0.162. The molecule has 1 aliphatic rings. The molecule has 1 aliphatic heterocycles. The number of amides is 2. The molecule has 1 aromatic heterocycles. The first-order chi connectivity index (χ1) is 16.2. The van der Waals surface area contributed by atoms with Crippen LogP contribution < -0.4 is 4.74 Å². The summed E-state index contributed by atoms with van der Waals surface area (Å²) in [7, 11) is 0. The van der Waals surface area contributed by atoms with E-state index in [9.17, 15) is 9.59 Å². The molecule has 5 nitrogen and oxygen atoms in total. The molecule has 4 rings (SSSR count). The van der Waals surface area contributed by atoms with Gasteiger partial charge in [0.1, 0.15) is 5.75 Å². The fourth-order valence-electron chi connectivity index (χ4n) is 4.23. The van der Waals surface area contributed by atoms with Crippen molar-refractivity contribution in [1.29, 1.82) is 0 Å². The Bertz CT molecular complexity index is 1050. The van der Waals surface area contributed by atoms with Gasteiger partial charge in [-0.15, -0.1) is 11.3 Å². The molecule has 0 fully saturated rings. The van der Waals surface area contributed by atoms with Crippen molar-refractivity contribution in [1.82, 2.24) is 9.80 Å². The average Bonchev–Trinajstić information content (AvgIpc) is 3.34. The molecule has 2 aromatic carbocycles. The number of unbranched alkanes of at least 4 members (excludes halogenated alkanes) is 1. The lowest BCUT2D eigenvalue weighted by Gasteiger charge is -2.37. The maximum Gasteiger partial charge on any atom is 0.260 e. The van der Waals surface area contributed by atoms with Crippen molar-refractivity contribution in [3.05, 3.63) is 88.1 Å². The second kappa shape index (κ2) is 11.1. The zero-order chi connectivity index (χ0) is 23.0. The molecule has 1 atom stereocenters. The predicted molar refractivity (Wildman–Crippen MR) is 131 cm³/mol. The van der Waals surface area contributed by atoms with E-state index in [1.807, 2.05) is 53.4 Å². The van der Waals surface area contributed by atoms with Crippen molar-refractivity contribution < 1.29 is 14.3 Å². The lowest BCUT2D eigenvalue weighted by molar-refractivity contribution is -0.142. The first-order valence-corrected chi connectivity index (χ1v) is 12.4. The first-order valence-electron chi connectivity index (χ1n) is 11.5. The van der Waals surface area contributed by atoms with Crippen molar-refractivity contribution in [2.45, 2.75) is 32.2 Å². The van der Waals surface area contributed by atoms with E-state index in [1.54, 1.807) is 16.2 Å². The van der Waals surface area contributed by atoms with Crippen LogP contribution in [-0.2, 0) is 16.0 Å². The molecule has 3 aromatic rings. The normalized spacial score (nSPS) is 15.1. The minimum absolute atomic E-state index is 0.0233. The highest BCUT2D eigenvalue weighted by atomic mass is 32.1. The second-order valence-corrected chi connectivity index (χ2v) is 9.22. The molecule has 0 spiro atoms. The largest absolute Gasteiger partial charge is 0.484 e. The van der Waals surface area contributed by atoms with E-state index in [4.69, 9.17) is 4.74 Å². The Morgan fingerprint density at radius 1 is 1.06 bits per heavy atom. The van der Waals surface area contributed by atoms with E-state index in [1.165, 1.54) is 10.4 Å². The van der Waals surface area contributed by atoms with Crippen molar-refractivity contribution in [3.63, 3.8) is 0 Å². The van der Waals surface area contributed by atoms with Crippen LogP contribution in [0.5, 0.6) is 5.75 Å². The summed E-state index contributed by atoms with van der Waals surface area (Å²) in [5.74, 6) is 0.466. The number of ether oxygens (including phenoxy) is 1. The monoisotopic (exact) mass is 462 g/mol. The van der Waals surface area contributed by atoms with E-state index in [0.29, 0.717) is 18.8 Å². The van der Waals surface area contributed by atoms with Gasteiger partial charge in [0.2, 0.25) is 5.91 Å². The van der Waals surface area contributed by atoms with Gasteiger partial charge in [0, 0.05) is 18.0 Å². The summed E-state index contributed by atoms with van der Waals surface area (Å²) in [5.41, 5.74) is 2.30. The molecule has 0 radical (unpaired) electrons. The third-order valence-corrected chi connectivity index (χ3v) is 6.96. The third-order valence-electron chi connectivity index (χ3n) is 5.97. The molecule has 172 valence electrons. The third kappa shape index (κ3) is 5.63. The number of hydrogen-bond acceptors (Lipinski definition) is 4. The number of nitrogens with zero attached hydrogens (tertiary/aromatic N) is 2. The Hall–Kier alpha value is -3.12. The van der Waals surface area contributed by atoms with E-state index in [0.717, 1.165) is 24.8 Å². The molecule has 6 heteroatoms. The number of fused-ring (bicyclic) bond motifs is 1. The van der Waals surface area contributed by atoms with Crippen LogP contribution in [0.3, 0.4) is 0 Å². The first kappa shape index (κ1) is 23.1. The number of rotatable bonds is 9. The van der Waals surface area contributed by atoms with Crippen molar-refractivity contribution >= 4 is 23.2 Å². The molecule has 33 heavy (non-hydrogen) atoms. The molecule has 2 amide bonds. The van der Waals surface area contributed by atoms with Gasteiger partial charge in [-0.05, 0) is 47.5 Å². The van der Waals surface area contributed by atoms with E-state index in [2.05, 4.69) is 30.5 Å². The van der Waals surface area contributed by atoms with Gasteiger partial charge in [0.15, 0.2) is 6.61 Å². The molecule has 0 saturated carbocycles. The van der Waals surface area contributed by atoms with Gasteiger partial charge in [-0.25, -0.2) is 0 Å². The molecule has 0 bridgehead atoms. The maximum absolute atomic E-state index is 13.6. The summed E-state index contributed by atoms with van der Waals surface area (Å²) in [6.45, 7) is 3.28. The highest BCUT2D eigenvalue weighted by Crippen LogP contribution is 2.37. The second-order valence-electron chi connectivity index (χ2n) is 8.22. The number of thiophene rings is 1. The Labute approximate surface area is 199 Å². The average molecular weight is 463 g/mol. The molecule has 0 N–H and O–H groups in total. The quantitative estimate of drug-likeness (QED) is 0.453. The zero-order valence-corrected chi connectivity index (χ0v) is 19.8. The standard InChI is InChI=1S/C27H30N2O3S/c1-2-3-16-28(26(31)20-32-22-12-8-5-9-13-22)19-25(30)29-17-14-24-23(15-18-33-24)27(29)21-10-6-4-7-11-21/h4-13,15,18,27H,2-3,14,16-17,19-20H2,1H3. The molecular weight excluding hydrogens is 432 g/mol. The van der Waals surface area contributed by atoms with Crippen LogP contribution in [0.1, 0.15) is 41.8 Å². The van der Waals surface area contributed by atoms with Crippen LogP contribution in [-0.4, -0.2) is 47.9 Å². The van der Waals surface area contributed by atoms with Crippen LogP contribution >= 0.6 is 11.3 Å². The van der Waals surface area contributed by atoms with Gasteiger partial charge in [0.05, 0.1) is 12.6 Å². The maximum atomic E-state index is 13.6. The summed E-state index contributed by atoms with van der Waals surface area (Å²) in [6.07, 6.45) is 2.65. The summed E-state index contributed by atoms with van der Waals surface area (Å²) >= 11 is 1.75. The molecular formula is C27H30N2O3S. The van der Waals surface area contributed by atoms with Gasteiger partial charge in [-0.2, -0.15) is 0 Å². The smallest absolute Gasteiger partial charge is 0.260 e. The van der Waals surface area contributed by atoms with Gasteiger partial charge in [0.25, 0.3) is 5.91 Å². The summed E-state index contributed by atoms with van der Waals surface area (Å²) in [4.78, 5) is 31.5. The van der Waals surface area contributed by atoms with Gasteiger partial charge >= 0.3 is 0 Å². The topological polar surface area (TPSA) is 49.9 Å². The Morgan fingerprint density at radius 2 is 1.79 bits per heavy atom. The number of benzene rings is 2. The molecule has 0 aliphatic carbocycles. The highest BCUT2D eigenvalue weighted by molar-refractivity contribution is 7.10. The Kier molecular flexibility index (Phi) is 7.79. The molecule has 2 heterocycles. The lowest BCUT2D eigenvalue weighted by atomic mass is 9.93. The number of carbonyl (C=O) groups excluding carboxylic acids is 2. The summed E-state index contributed by atoms with van der Waals surface area (Å²) in [6, 6.07) is 21.5. The van der Waals surface area contributed by atoms with E-state index >= 15 is 0 Å². The zero-order valence-electron chi connectivity index (χ0n) is 19.0. The van der Waals surface area contributed by atoms with Crippen molar-refractivity contribution in [2.24, 2.45) is 0 Å². The van der Waals surface area contributed by atoms with E-state index in [-0.39, 0.29) is 31.0 Å². The fourth-order valence-corrected chi connectivity index (χ4v) is 5.13. The van der Waals surface area contributed by atoms with Crippen LogP contribution in [0.4, 0.5) is 0 Å². The fraction of sp³-hybridized carbons (Fsp3) is 0.333. The summed E-state index contributed by atoms with van der Waals surface area (Å²) in [5, 5.41) is 2.10. The van der Waals surface area contributed by atoms with E-state index < -0.39 is 0 Å². The number of para-hydroxylation sites is 1. The molecule has 0 saturated heterocycles. The number of carbonyl (C=O) groups is 2. The molecule has 1 unspecified atom stereocenters. The summed E-state index contributed by atoms with van der Waals surface area (Å²) < 4.78 is 5.67. The van der Waals surface area contributed by atoms with Crippen LogP contribution in [0.25, 0.3) is 0 Å².